The monoisotopic (exact) mass is 1400 g/mol. The van der Waals surface area contributed by atoms with E-state index in [0.717, 1.165) is 198 Å². The summed E-state index contributed by atoms with van der Waals surface area (Å²) in [6.07, 6.45) is -4.55. The first-order valence-corrected chi connectivity index (χ1v) is 33.7. The molecule has 5 aromatic rings. The third-order valence-electron chi connectivity index (χ3n) is 15.5. The number of halogens is 6. The van der Waals surface area contributed by atoms with E-state index < -0.39 is 22.8 Å². The van der Waals surface area contributed by atoms with Gasteiger partial charge in [-0.05, 0) is 91.3 Å². The molecule has 528 valence electrons. The Bertz CT molecular complexity index is 3030. The number of piperazine rings is 3. The van der Waals surface area contributed by atoms with Crippen molar-refractivity contribution >= 4 is 87.6 Å². The summed E-state index contributed by atoms with van der Waals surface area (Å²) in [7, 11) is 0. The number of ether oxygens (including phenoxy) is 4. The lowest BCUT2D eigenvalue weighted by Gasteiger charge is -2.35. The van der Waals surface area contributed by atoms with Gasteiger partial charge >= 0.3 is 18.2 Å². The highest BCUT2D eigenvalue weighted by Gasteiger charge is 2.42. The Morgan fingerprint density at radius 1 is 0.490 bits per heavy atom. The SMILES string of the molecule is CC(C)(C)OC(=O)N1CCNCC1.CC(C)c1ccc(CC(=O)N2CCN(c3ccc(N4CCOCC4)nn3)CC2)cc1.CC(C)c1ccc(CC(=O)O)cc1.Clc1ccc(N2CCOCC2)nn1.O=C(C(Cl)Cl)C(F)(F)F.c1cc(N2CCOCC2)nnc1N1CCNCC1. The molecule has 11 rings (SSSR count). The van der Waals surface area contributed by atoms with Gasteiger partial charge in [-0.2, -0.15) is 13.2 Å². The van der Waals surface area contributed by atoms with Crippen LogP contribution in [0.5, 0.6) is 0 Å². The first-order valence-electron chi connectivity index (χ1n) is 32.4. The molecule has 0 spiro atoms. The zero-order valence-corrected chi connectivity index (χ0v) is 58.3. The summed E-state index contributed by atoms with van der Waals surface area (Å²) in [5, 5.41) is 40.8. The van der Waals surface area contributed by atoms with Crippen LogP contribution in [0.4, 0.5) is 47.1 Å². The summed E-state index contributed by atoms with van der Waals surface area (Å²) >= 11 is 14.9. The number of hydrogen-bond acceptors (Lipinski definition) is 21. The summed E-state index contributed by atoms with van der Waals surface area (Å²) in [5.41, 5.74) is 4.10. The maximum absolute atomic E-state index is 12.7. The number of anilines is 5. The van der Waals surface area contributed by atoms with Gasteiger partial charge < -0.3 is 69.0 Å². The van der Waals surface area contributed by atoms with Crippen LogP contribution in [0.15, 0.2) is 84.9 Å². The predicted molar refractivity (Wildman–Crippen MR) is 367 cm³/mol. The number of amides is 2. The van der Waals surface area contributed by atoms with Crippen molar-refractivity contribution in [3.63, 3.8) is 0 Å². The van der Waals surface area contributed by atoms with E-state index in [1.54, 1.807) is 11.0 Å². The van der Waals surface area contributed by atoms with Gasteiger partial charge in [-0.1, -0.05) is 111 Å². The van der Waals surface area contributed by atoms with Crippen LogP contribution in [0.3, 0.4) is 0 Å². The average molecular weight is 1400 g/mol. The summed E-state index contributed by atoms with van der Waals surface area (Å²) in [4.78, 5) is 57.1. The molecule has 0 atom stereocenters. The van der Waals surface area contributed by atoms with Crippen molar-refractivity contribution in [3.8, 4) is 0 Å². The molecule has 3 N–H and O–H groups in total. The Labute approximate surface area is 576 Å². The number of aromatic nitrogens is 6. The van der Waals surface area contributed by atoms with E-state index in [4.69, 9.17) is 35.7 Å². The van der Waals surface area contributed by atoms with E-state index in [1.165, 1.54) is 11.1 Å². The Balaban J connectivity index is 0.000000192. The third kappa shape index (κ3) is 27.9. The quantitative estimate of drug-likeness (QED) is 0.0996. The van der Waals surface area contributed by atoms with E-state index in [9.17, 15) is 32.3 Å². The number of benzene rings is 2. The highest BCUT2D eigenvalue weighted by atomic mass is 35.5. The minimum Gasteiger partial charge on any atom is -0.481 e. The van der Waals surface area contributed by atoms with Crippen LogP contribution in [-0.4, -0.2) is 243 Å². The Hall–Kier alpha value is -6.98. The fraction of sp³-hybridized carbons (Fsp3) is 0.576. The number of rotatable bonds is 12. The Kier molecular flexibility index (Phi) is 32.5. The van der Waals surface area contributed by atoms with E-state index >= 15 is 0 Å². The largest absolute Gasteiger partial charge is 0.481 e. The van der Waals surface area contributed by atoms with E-state index in [-0.39, 0.29) is 24.0 Å². The van der Waals surface area contributed by atoms with Crippen LogP contribution < -0.4 is 35.1 Å². The number of carbonyl (C=O) groups excluding carboxylic acids is 3. The number of alkyl halides is 5. The maximum atomic E-state index is 12.7. The maximum Gasteiger partial charge on any atom is 0.452 e. The molecule has 9 heterocycles. The lowest BCUT2D eigenvalue weighted by Crippen LogP contribution is -2.49. The lowest BCUT2D eigenvalue weighted by atomic mass is 10.0. The molecule has 0 aliphatic carbocycles. The van der Waals surface area contributed by atoms with Crippen molar-refractivity contribution in [1.82, 2.24) is 51.0 Å². The summed E-state index contributed by atoms with van der Waals surface area (Å²) in [6.45, 7) is 34.3. The molecule has 0 unspecified atom stereocenters. The number of nitrogens with one attached hydrogen (secondary N) is 2. The average Bonchev–Trinajstić information content (AvgIpc) is 0.947. The summed E-state index contributed by atoms with van der Waals surface area (Å²) in [6, 6.07) is 28.0. The van der Waals surface area contributed by atoms with Crippen LogP contribution >= 0.6 is 34.8 Å². The standard InChI is InChI=1S/C23H31N5O2.C12H19N5O.C11H14O2.C9H18N2O2.C8H10ClN3O.C3HCl2F3O/c1-18(2)20-5-3-19(4-6-20)17-23(29)28-11-9-26(10-12-28)21-7-8-22(25-24-21)27-13-15-30-16-14-27;1-2-12(17-7-9-18-10-8-17)15-14-11(1)16-5-3-13-4-6-16;1-8(2)10-5-3-9(4-6-10)7-11(12)13;1-9(2,3)13-8(12)11-6-4-10-5-7-11;9-7-1-2-8(11-10-7)12-3-5-13-6-4-12;4-2(5)1(9)3(6,7)8/h3-8,18H,9-17H2,1-2H3;1-2,13H,3-10H2;3-6,8H,7H2,1-2H3,(H,12,13);10H,4-7H2,1-3H3;1-2H,3-6H2;2H. The van der Waals surface area contributed by atoms with Crippen LogP contribution in [0.1, 0.15) is 82.6 Å². The summed E-state index contributed by atoms with van der Waals surface area (Å²) < 4.78 is 54.7. The van der Waals surface area contributed by atoms with Gasteiger partial charge in [0.05, 0.1) is 52.5 Å². The molecule has 24 nitrogen and oxygen atoms in total. The van der Waals surface area contributed by atoms with Crippen LogP contribution in [0, 0.1) is 0 Å². The van der Waals surface area contributed by atoms with E-state index in [1.807, 2.05) is 68.1 Å². The van der Waals surface area contributed by atoms with Crippen molar-refractivity contribution in [2.75, 3.05) is 182 Å². The smallest absolute Gasteiger partial charge is 0.452 e. The van der Waals surface area contributed by atoms with Gasteiger partial charge in [0, 0.05) is 118 Å². The van der Waals surface area contributed by atoms with Crippen molar-refractivity contribution in [2.45, 2.75) is 89.8 Å². The molecule has 96 heavy (non-hydrogen) atoms. The van der Waals surface area contributed by atoms with E-state index in [0.29, 0.717) is 23.4 Å². The van der Waals surface area contributed by atoms with Crippen LogP contribution in [0.25, 0.3) is 0 Å². The number of carboxylic acid groups (broad SMARTS) is 1. The molecule has 6 aliphatic rings. The van der Waals surface area contributed by atoms with Gasteiger partial charge in [0.1, 0.15) is 5.60 Å². The number of aliphatic carboxylic acids is 1. The molecule has 0 saturated carbocycles. The topological polar surface area (TPSA) is 250 Å². The fourth-order valence-electron chi connectivity index (χ4n) is 10.0. The number of Topliss-reactive ketones (excluding diaryl/α,β-unsaturated/α-hetero) is 1. The molecule has 6 saturated heterocycles. The number of morpholine rings is 3. The van der Waals surface area contributed by atoms with Gasteiger partial charge in [-0.3, -0.25) is 14.4 Å². The molecular weight excluding hydrogens is 1310 g/mol. The van der Waals surface area contributed by atoms with Crippen molar-refractivity contribution < 1.29 is 56.4 Å². The zero-order chi connectivity index (χ0) is 69.6. The third-order valence-corrected chi connectivity index (χ3v) is 16.1. The van der Waals surface area contributed by atoms with Gasteiger partial charge in [0.2, 0.25) is 5.91 Å². The Morgan fingerprint density at radius 3 is 1.15 bits per heavy atom. The minimum atomic E-state index is -4.92. The normalized spacial score (nSPS) is 16.9. The fourth-order valence-corrected chi connectivity index (χ4v) is 10.4. The van der Waals surface area contributed by atoms with E-state index in [2.05, 4.69) is 153 Å². The molecule has 3 aromatic heterocycles. The second kappa shape index (κ2) is 40.0. The van der Waals surface area contributed by atoms with Gasteiger partial charge in [0.25, 0.3) is 5.78 Å². The first kappa shape index (κ1) is 78.0. The molecule has 0 radical (unpaired) electrons. The number of carboxylic acids is 1. The molecule has 6 aliphatic heterocycles. The van der Waals surface area contributed by atoms with Gasteiger partial charge in [-0.15, -0.1) is 30.6 Å². The number of ketones is 1. The second-order valence-corrected chi connectivity index (χ2v) is 26.0. The van der Waals surface area contributed by atoms with Crippen molar-refractivity contribution in [3.05, 3.63) is 112 Å². The minimum absolute atomic E-state index is 0.109. The Morgan fingerprint density at radius 2 is 0.833 bits per heavy atom. The molecule has 0 bridgehead atoms. The van der Waals surface area contributed by atoms with Crippen molar-refractivity contribution in [1.29, 1.82) is 0 Å². The number of hydrogen-bond donors (Lipinski definition) is 3. The second-order valence-electron chi connectivity index (χ2n) is 24.5. The lowest BCUT2D eigenvalue weighted by molar-refractivity contribution is -0.169. The number of carbonyl (C=O) groups is 4. The van der Waals surface area contributed by atoms with Crippen LogP contribution in [0.2, 0.25) is 5.15 Å². The van der Waals surface area contributed by atoms with Crippen molar-refractivity contribution in [2.24, 2.45) is 0 Å². The molecule has 30 heteroatoms. The zero-order valence-electron chi connectivity index (χ0n) is 56.0. The highest BCUT2D eigenvalue weighted by Crippen LogP contribution is 2.24. The first-order chi connectivity index (χ1) is 45.8. The van der Waals surface area contributed by atoms with Crippen LogP contribution in [-0.2, 0) is 46.2 Å². The molecule has 2 amide bonds. The molecule has 6 fully saturated rings. The number of nitrogens with zero attached hydrogens (tertiary/aromatic N) is 13. The summed E-state index contributed by atoms with van der Waals surface area (Å²) in [5.74, 6) is 2.87. The van der Waals surface area contributed by atoms with Gasteiger partial charge in [0.15, 0.2) is 39.1 Å². The molecular formula is C66H93Cl3F3N15O9. The van der Waals surface area contributed by atoms with Gasteiger partial charge in [-0.25, -0.2) is 4.79 Å². The molecule has 2 aromatic carbocycles. The highest BCUT2D eigenvalue weighted by molar-refractivity contribution is 6.54. The predicted octanol–water partition coefficient (Wildman–Crippen LogP) is 8.20.